The van der Waals surface area contributed by atoms with Crippen LogP contribution in [0.15, 0.2) is 72.8 Å². The van der Waals surface area contributed by atoms with Crippen molar-refractivity contribution in [2.45, 2.75) is 52.4 Å². The molecule has 0 aromatic heterocycles. The van der Waals surface area contributed by atoms with Crippen LogP contribution in [0.25, 0.3) is 0 Å². The van der Waals surface area contributed by atoms with Crippen LogP contribution in [0.4, 0.5) is 4.39 Å². The maximum atomic E-state index is 13.5. The van der Waals surface area contributed by atoms with Gasteiger partial charge in [-0.3, -0.25) is 0 Å². The Hall–Kier alpha value is -2.35. The van der Waals surface area contributed by atoms with Gasteiger partial charge in [0.2, 0.25) is 6.71 Å². The Labute approximate surface area is 169 Å². The monoisotopic (exact) mass is 372 g/mol. The van der Waals surface area contributed by atoms with Gasteiger partial charge in [0.05, 0.1) is 0 Å². The molecule has 0 amide bonds. The summed E-state index contributed by atoms with van der Waals surface area (Å²) in [6.45, 7) is 13.4. The number of benzene rings is 3. The fraction of sp³-hybridized carbons (Fsp3) is 0.308. The van der Waals surface area contributed by atoms with Gasteiger partial charge in [-0.1, -0.05) is 119 Å². The Balaban J connectivity index is 2.06. The van der Waals surface area contributed by atoms with Crippen LogP contribution in [0, 0.1) is 5.82 Å². The summed E-state index contributed by atoms with van der Waals surface area (Å²) in [4.78, 5) is 0. The van der Waals surface area contributed by atoms with Gasteiger partial charge in [-0.15, -0.1) is 0 Å². The smallest absolute Gasteiger partial charge is 0.207 e. The van der Waals surface area contributed by atoms with Crippen LogP contribution < -0.4 is 16.4 Å². The summed E-state index contributed by atoms with van der Waals surface area (Å²) in [5.41, 5.74) is 6.44. The van der Waals surface area contributed by atoms with Gasteiger partial charge in [0.1, 0.15) is 5.82 Å². The summed E-state index contributed by atoms with van der Waals surface area (Å²) in [5.74, 6) is -0.200. The van der Waals surface area contributed by atoms with Crippen LogP contribution in [0.5, 0.6) is 0 Å². The van der Waals surface area contributed by atoms with E-state index in [1.54, 1.807) is 12.1 Å². The maximum Gasteiger partial charge on any atom is 0.241 e. The molecule has 0 spiro atoms. The van der Waals surface area contributed by atoms with Crippen LogP contribution in [0.3, 0.4) is 0 Å². The largest absolute Gasteiger partial charge is 0.241 e. The lowest BCUT2D eigenvalue weighted by Crippen LogP contribution is -2.52. The van der Waals surface area contributed by atoms with Gasteiger partial charge in [-0.2, -0.15) is 0 Å². The highest BCUT2D eigenvalue weighted by atomic mass is 19.1. The molecule has 0 aliphatic carbocycles. The van der Waals surface area contributed by atoms with Crippen LogP contribution in [-0.2, 0) is 10.8 Å². The second kappa shape index (κ2) is 7.58. The van der Waals surface area contributed by atoms with Gasteiger partial charge in [0, 0.05) is 0 Å². The molecule has 0 nitrogen and oxygen atoms in total. The van der Waals surface area contributed by atoms with Crippen molar-refractivity contribution in [1.82, 2.24) is 0 Å². The third-order valence-corrected chi connectivity index (χ3v) is 5.42. The number of hydrogen-bond donors (Lipinski definition) is 0. The second-order valence-electron chi connectivity index (χ2n) is 9.73. The standard InChI is InChI=1S/C26H30BF/c1-25(2,3)19-7-11-21(12-8-19)27(23-15-17-24(28)18-16-23)22-13-9-20(10-14-22)26(4,5)6/h7-18H,1-6H3. The molecular weight excluding hydrogens is 342 g/mol. The van der Waals surface area contributed by atoms with Crippen LogP contribution in [0.2, 0.25) is 0 Å². The Morgan fingerprint density at radius 3 is 1.07 bits per heavy atom. The molecule has 0 atom stereocenters. The van der Waals surface area contributed by atoms with Crippen molar-refractivity contribution < 1.29 is 4.39 Å². The van der Waals surface area contributed by atoms with Gasteiger partial charge < -0.3 is 0 Å². The average Bonchev–Trinajstić information content (AvgIpc) is 2.63. The predicted octanol–water partition coefficient (Wildman–Crippen LogP) is 4.94. The highest BCUT2D eigenvalue weighted by Gasteiger charge is 2.23. The summed E-state index contributed by atoms with van der Waals surface area (Å²) in [6, 6.07) is 24.6. The summed E-state index contributed by atoms with van der Waals surface area (Å²) in [6.07, 6.45) is 0. The third-order valence-electron chi connectivity index (χ3n) is 5.42. The highest BCUT2D eigenvalue weighted by molar-refractivity contribution is 6.95. The molecule has 3 rings (SSSR count). The van der Waals surface area contributed by atoms with Crippen LogP contribution >= 0.6 is 0 Å². The SMILES string of the molecule is CC(C)(C)c1ccc(B(c2ccc(F)cc2)c2ccc(C(C)(C)C)cc2)cc1. The topological polar surface area (TPSA) is 0 Å². The average molecular weight is 372 g/mol. The van der Waals surface area contributed by atoms with Crippen molar-refractivity contribution in [3.63, 3.8) is 0 Å². The Bertz CT molecular complexity index is 851. The van der Waals surface area contributed by atoms with E-state index in [0.717, 1.165) is 5.46 Å². The molecule has 3 aromatic rings. The molecule has 0 aliphatic rings. The van der Waals surface area contributed by atoms with E-state index in [1.165, 1.54) is 22.1 Å². The van der Waals surface area contributed by atoms with E-state index in [2.05, 4.69) is 90.1 Å². The summed E-state index contributed by atoms with van der Waals surface area (Å²) >= 11 is 0. The van der Waals surface area contributed by atoms with Crippen molar-refractivity contribution in [2.24, 2.45) is 0 Å². The second-order valence-corrected chi connectivity index (χ2v) is 9.73. The fourth-order valence-electron chi connectivity index (χ4n) is 3.58. The Morgan fingerprint density at radius 2 is 0.786 bits per heavy atom. The first-order chi connectivity index (χ1) is 13.1. The third kappa shape index (κ3) is 4.55. The lowest BCUT2D eigenvalue weighted by atomic mass is 9.37. The highest BCUT2D eigenvalue weighted by Crippen LogP contribution is 2.22. The molecule has 0 N–H and O–H groups in total. The molecule has 0 radical (unpaired) electrons. The Kier molecular flexibility index (Phi) is 5.52. The molecule has 144 valence electrons. The van der Waals surface area contributed by atoms with E-state index >= 15 is 0 Å². The van der Waals surface area contributed by atoms with Gasteiger partial charge >= 0.3 is 0 Å². The number of rotatable bonds is 3. The van der Waals surface area contributed by atoms with Crippen molar-refractivity contribution >= 4 is 23.1 Å². The van der Waals surface area contributed by atoms with Gasteiger partial charge in [-0.05, 0) is 34.1 Å². The Morgan fingerprint density at radius 1 is 0.500 bits per heavy atom. The zero-order valence-corrected chi connectivity index (χ0v) is 17.9. The minimum Gasteiger partial charge on any atom is -0.207 e. The molecule has 2 heteroatoms. The number of hydrogen-bond acceptors (Lipinski definition) is 0. The van der Waals surface area contributed by atoms with Crippen LogP contribution in [-0.4, -0.2) is 6.71 Å². The van der Waals surface area contributed by atoms with Gasteiger partial charge in [0.25, 0.3) is 0 Å². The van der Waals surface area contributed by atoms with E-state index in [-0.39, 0.29) is 23.4 Å². The molecule has 0 saturated heterocycles. The molecule has 0 bridgehead atoms. The molecule has 0 heterocycles. The van der Waals surface area contributed by atoms with Crippen LogP contribution in [0.1, 0.15) is 52.7 Å². The molecule has 0 saturated carbocycles. The van der Waals surface area contributed by atoms with Crippen molar-refractivity contribution in [2.75, 3.05) is 0 Å². The first-order valence-electron chi connectivity index (χ1n) is 10.0. The normalized spacial score (nSPS) is 12.1. The lowest BCUT2D eigenvalue weighted by molar-refractivity contribution is 0.590. The summed E-state index contributed by atoms with van der Waals surface area (Å²) in [7, 11) is 0. The summed E-state index contributed by atoms with van der Waals surface area (Å²) in [5, 5.41) is 0. The first kappa shape index (κ1) is 20.4. The zero-order chi connectivity index (χ0) is 20.5. The van der Waals surface area contributed by atoms with E-state index in [1.807, 2.05) is 12.1 Å². The molecular formula is C26H30BF. The van der Waals surface area contributed by atoms with E-state index in [4.69, 9.17) is 0 Å². The van der Waals surface area contributed by atoms with Gasteiger partial charge in [0.15, 0.2) is 0 Å². The van der Waals surface area contributed by atoms with Gasteiger partial charge in [-0.25, -0.2) is 4.39 Å². The molecule has 0 fully saturated rings. The van der Waals surface area contributed by atoms with Crippen molar-refractivity contribution in [1.29, 1.82) is 0 Å². The minimum atomic E-state index is -0.200. The molecule has 28 heavy (non-hydrogen) atoms. The quantitative estimate of drug-likeness (QED) is 0.572. The maximum absolute atomic E-state index is 13.5. The summed E-state index contributed by atoms with van der Waals surface area (Å²) < 4.78 is 13.5. The van der Waals surface area contributed by atoms with E-state index in [0.29, 0.717) is 0 Å². The van der Waals surface area contributed by atoms with Crippen molar-refractivity contribution in [3.05, 3.63) is 89.7 Å². The zero-order valence-electron chi connectivity index (χ0n) is 17.9. The number of halogens is 1. The lowest BCUT2D eigenvalue weighted by Gasteiger charge is -2.22. The fourth-order valence-corrected chi connectivity index (χ4v) is 3.58. The van der Waals surface area contributed by atoms with E-state index in [9.17, 15) is 4.39 Å². The van der Waals surface area contributed by atoms with Crippen molar-refractivity contribution in [3.8, 4) is 0 Å². The molecule has 0 aliphatic heterocycles. The predicted molar refractivity (Wildman–Crippen MR) is 121 cm³/mol. The molecule has 3 aromatic carbocycles. The van der Waals surface area contributed by atoms with E-state index < -0.39 is 0 Å². The first-order valence-corrected chi connectivity index (χ1v) is 10.0. The minimum absolute atomic E-state index is 0.0867. The molecule has 0 unspecified atom stereocenters.